The first kappa shape index (κ1) is 22.2. The van der Waals surface area contributed by atoms with Crippen molar-refractivity contribution < 1.29 is 14.6 Å². The number of rotatable bonds is 10. The fourth-order valence-electron chi connectivity index (χ4n) is 4.33. The van der Waals surface area contributed by atoms with Gasteiger partial charge < -0.3 is 20.1 Å². The van der Waals surface area contributed by atoms with Crippen LogP contribution in [0.1, 0.15) is 64.0 Å². The van der Waals surface area contributed by atoms with Gasteiger partial charge in [-0.05, 0) is 51.6 Å². The fourth-order valence-corrected chi connectivity index (χ4v) is 4.33. The molecule has 2 aliphatic rings. The van der Waals surface area contributed by atoms with Crippen LogP contribution in [-0.2, 0) is 22.5 Å². The zero-order valence-corrected chi connectivity index (χ0v) is 17.8. The molecule has 2 saturated heterocycles. The van der Waals surface area contributed by atoms with E-state index in [4.69, 9.17) is 4.74 Å². The van der Waals surface area contributed by atoms with Crippen LogP contribution in [-0.4, -0.2) is 75.4 Å². The first-order valence-corrected chi connectivity index (χ1v) is 11.3. The van der Waals surface area contributed by atoms with Crippen molar-refractivity contribution >= 4 is 5.91 Å². The molecule has 0 bridgehead atoms. The standard InChI is InChI=1S/C21H37N5O3/c1-2-6-17-15-26(24-23-17)14-9-18-7-8-19(20(16-27)29-18)22-21(28)10-13-25-11-4-3-5-12-25/h15,18-20,27H,2-14,16H2,1H3,(H,22,28)/t18-,19+,20+/m0/s1. The number of piperidine rings is 1. The minimum Gasteiger partial charge on any atom is -0.394 e. The van der Waals surface area contributed by atoms with E-state index in [2.05, 4.69) is 27.5 Å². The van der Waals surface area contributed by atoms with E-state index in [0.29, 0.717) is 6.42 Å². The Morgan fingerprint density at radius 1 is 1.28 bits per heavy atom. The number of ether oxygens (including phenoxy) is 1. The Hall–Kier alpha value is -1.51. The number of carbonyl (C=O) groups is 1. The Kier molecular flexibility index (Phi) is 8.89. The van der Waals surface area contributed by atoms with E-state index < -0.39 is 0 Å². The van der Waals surface area contributed by atoms with Crippen molar-refractivity contribution in [3.8, 4) is 0 Å². The number of aryl methyl sites for hydroxylation is 2. The van der Waals surface area contributed by atoms with Gasteiger partial charge >= 0.3 is 0 Å². The molecule has 0 aromatic carbocycles. The van der Waals surface area contributed by atoms with Crippen molar-refractivity contribution in [1.29, 1.82) is 0 Å². The lowest BCUT2D eigenvalue weighted by Gasteiger charge is -2.36. The molecule has 3 heterocycles. The average molecular weight is 408 g/mol. The molecule has 1 aromatic rings. The van der Waals surface area contributed by atoms with Crippen LogP contribution in [0.25, 0.3) is 0 Å². The Morgan fingerprint density at radius 3 is 2.86 bits per heavy atom. The van der Waals surface area contributed by atoms with Gasteiger partial charge in [0.2, 0.25) is 5.91 Å². The number of hydrogen-bond acceptors (Lipinski definition) is 6. The van der Waals surface area contributed by atoms with Crippen LogP contribution in [0.5, 0.6) is 0 Å². The lowest BCUT2D eigenvalue weighted by Crippen LogP contribution is -2.51. The lowest BCUT2D eigenvalue weighted by molar-refractivity contribution is -0.129. The van der Waals surface area contributed by atoms with E-state index in [1.807, 2.05) is 10.9 Å². The highest BCUT2D eigenvalue weighted by Crippen LogP contribution is 2.22. The van der Waals surface area contributed by atoms with Crippen molar-refractivity contribution in [2.24, 2.45) is 0 Å². The number of hydrogen-bond donors (Lipinski definition) is 2. The predicted octanol–water partition coefficient (Wildman–Crippen LogP) is 1.52. The summed E-state index contributed by atoms with van der Waals surface area (Å²) >= 11 is 0. The van der Waals surface area contributed by atoms with Crippen LogP contribution in [0.15, 0.2) is 6.20 Å². The highest BCUT2D eigenvalue weighted by molar-refractivity contribution is 5.76. The lowest BCUT2D eigenvalue weighted by atomic mass is 9.97. The van der Waals surface area contributed by atoms with Gasteiger partial charge in [0.1, 0.15) is 6.10 Å². The van der Waals surface area contributed by atoms with Gasteiger partial charge in [0.05, 0.1) is 24.4 Å². The van der Waals surface area contributed by atoms with Gasteiger partial charge in [-0.25, -0.2) is 0 Å². The smallest absolute Gasteiger partial charge is 0.221 e. The molecule has 0 unspecified atom stereocenters. The van der Waals surface area contributed by atoms with Gasteiger partial charge in [-0.1, -0.05) is 25.0 Å². The minimum absolute atomic E-state index is 0.0622. The van der Waals surface area contributed by atoms with Gasteiger partial charge in [0, 0.05) is 25.7 Å². The molecular formula is C21H37N5O3. The molecule has 8 nitrogen and oxygen atoms in total. The second-order valence-electron chi connectivity index (χ2n) is 8.39. The Morgan fingerprint density at radius 2 is 2.10 bits per heavy atom. The van der Waals surface area contributed by atoms with Crippen LogP contribution < -0.4 is 5.32 Å². The zero-order valence-electron chi connectivity index (χ0n) is 17.8. The van der Waals surface area contributed by atoms with Crippen molar-refractivity contribution in [2.45, 2.75) is 89.5 Å². The van der Waals surface area contributed by atoms with Crippen molar-refractivity contribution in [3.63, 3.8) is 0 Å². The minimum atomic E-state index is -0.334. The zero-order chi connectivity index (χ0) is 20.5. The van der Waals surface area contributed by atoms with Gasteiger partial charge in [-0.3, -0.25) is 9.48 Å². The molecule has 2 aliphatic heterocycles. The normalized spacial score (nSPS) is 25.8. The molecule has 2 N–H and O–H groups in total. The van der Waals surface area contributed by atoms with Gasteiger partial charge in [-0.2, -0.15) is 0 Å². The molecule has 1 aromatic heterocycles. The first-order valence-electron chi connectivity index (χ1n) is 11.3. The summed E-state index contributed by atoms with van der Waals surface area (Å²) in [7, 11) is 0. The highest BCUT2D eigenvalue weighted by Gasteiger charge is 2.31. The molecule has 1 amide bonds. The maximum absolute atomic E-state index is 12.4. The highest BCUT2D eigenvalue weighted by atomic mass is 16.5. The summed E-state index contributed by atoms with van der Waals surface area (Å²) < 4.78 is 7.95. The topological polar surface area (TPSA) is 92.5 Å². The Bertz CT molecular complexity index is 617. The second-order valence-corrected chi connectivity index (χ2v) is 8.39. The Balaban J connectivity index is 1.38. The van der Waals surface area contributed by atoms with E-state index in [-0.39, 0.29) is 30.8 Å². The quantitative estimate of drug-likeness (QED) is 0.611. The number of likely N-dealkylation sites (tertiary alicyclic amines) is 1. The van der Waals surface area contributed by atoms with Crippen molar-refractivity contribution in [2.75, 3.05) is 26.2 Å². The molecule has 2 fully saturated rings. The summed E-state index contributed by atoms with van der Waals surface area (Å²) in [6.45, 7) is 5.85. The SMILES string of the molecule is CCCc1cn(CC[C@@H]2CC[C@@H](NC(=O)CCN3CCCCC3)[C@@H](CO)O2)nn1. The van der Waals surface area contributed by atoms with Crippen LogP contribution in [0.4, 0.5) is 0 Å². The molecule has 8 heteroatoms. The summed E-state index contributed by atoms with van der Waals surface area (Å²) in [5.41, 5.74) is 1.03. The second kappa shape index (κ2) is 11.6. The molecule has 29 heavy (non-hydrogen) atoms. The van der Waals surface area contributed by atoms with Crippen molar-refractivity contribution in [1.82, 2.24) is 25.2 Å². The van der Waals surface area contributed by atoms with E-state index in [1.54, 1.807) is 0 Å². The van der Waals surface area contributed by atoms with Crippen LogP contribution >= 0.6 is 0 Å². The van der Waals surface area contributed by atoms with Crippen LogP contribution in [0.2, 0.25) is 0 Å². The summed E-state index contributed by atoms with van der Waals surface area (Å²) in [5, 5.41) is 21.2. The maximum Gasteiger partial charge on any atom is 0.221 e. The number of carbonyl (C=O) groups excluding carboxylic acids is 1. The third kappa shape index (κ3) is 7.04. The Labute approximate surface area is 174 Å². The first-order chi connectivity index (χ1) is 14.2. The maximum atomic E-state index is 12.4. The van der Waals surface area contributed by atoms with Crippen LogP contribution in [0, 0.1) is 0 Å². The summed E-state index contributed by atoms with van der Waals surface area (Å²) in [5.74, 6) is 0.0622. The van der Waals surface area contributed by atoms with Gasteiger partial charge in [0.25, 0.3) is 0 Å². The molecule has 3 atom stereocenters. The number of aliphatic hydroxyl groups is 1. The van der Waals surface area contributed by atoms with E-state index in [9.17, 15) is 9.90 Å². The number of amides is 1. The fraction of sp³-hybridized carbons (Fsp3) is 0.857. The monoisotopic (exact) mass is 407 g/mol. The number of nitrogens with zero attached hydrogens (tertiary/aromatic N) is 4. The van der Waals surface area contributed by atoms with E-state index >= 15 is 0 Å². The number of aliphatic hydroxyl groups excluding tert-OH is 1. The average Bonchev–Trinajstić information content (AvgIpc) is 3.20. The van der Waals surface area contributed by atoms with Crippen molar-refractivity contribution in [3.05, 3.63) is 11.9 Å². The third-order valence-electron chi connectivity index (χ3n) is 6.02. The van der Waals surface area contributed by atoms with Crippen LogP contribution in [0.3, 0.4) is 0 Å². The summed E-state index contributed by atoms with van der Waals surface area (Å²) in [6.07, 6.45) is 10.6. The largest absolute Gasteiger partial charge is 0.394 e. The van der Waals surface area contributed by atoms with Gasteiger partial charge in [-0.15, -0.1) is 5.10 Å². The molecule has 0 aliphatic carbocycles. The van der Waals surface area contributed by atoms with Gasteiger partial charge in [0.15, 0.2) is 0 Å². The predicted molar refractivity (Wildman–Crippen MR) is 110 cm³/mol. The van der Waals surface area contributed by atoms with E-state index in [0.717, 1.165) is 64.0 Å². The molecular weight excluding hydrogens is 370 g/mol. The summed E-state index contributed by atoms with van der Waals surface area (Å²) in [6, 6.07) is -0.104. The number of aromatic nitrogens is 3. The molecule has 0 spiro atoms. The molecule has 0 saturated carbocycles. The van der Waals surface area contributed by atoms with E-state index in [1.165, 1.54) is 19.3 Å². The molecule has 164 valence electrons. The molecule has 0 radical (unpaired) electrons. The third-order valence-corrected chi connectivity index (χ3v) is 6.02. The molecule has 3 rings (SSSR count). The summed E-state index contributed by atoms with van der Waals surface area (Å²) in [4.78, 5) is 14.7. The number of nitrogens with one attached hydrogen (secondary N) is 1.